The number of amides is 1. The lowest BCUT2D eigenvalue weighted by Crippen LogP contribution is -2.48. The van der Waals surface area contributed by atoms with Crippen LogP contribution in [0.25, 0.3) is 0 Å². The molecule has 7 nitrogen and oxygen atoms in total. The Morgan fingerprint density at radius 1 is 1.43 bits per heavy atom. The maximum atomic E-state index is 12.7. The minimum absolute atomic E-state index is 0.0340. The van der Waals surface area contributed by atoms with E-state index in [-0.39, 0.29) is 28.5 Å². The minimum atomic E-state index is -0.628. The van der Waals surface area contributed by atoms with E-state index in [1.807, 2.05) is 0 Å². The number of halogens is 1. The van der Waals surface area contributed by atoms with Crippen LogP contribution in [-0.4, -0.2) is 44.0 Å². The van der Waals surface area contributed by atoms with Gasteiger partial charge in [-0.15, -0.1) is 0 Å². The summed E-state index contributed by atoms with van der Waals surface area (Å²) in [6.07, 6.45) is 3.29. The second-order valence-electron chi connectivity index (χ2n) is 5.50. The van der Waals surface area contributed by atoms with Crippen molar-refractivity contribution < 1.29 is 14.8 Å². The fourth-order valence-corrected chi connectivity index (χ4v) is 3.52. The molecule has 0 spiro atoms. The number of aromatic nitrogens is 1. The molecular weight excluding hydrogens is 298 g/mol. The van der Waals surface area contributed by atoms with E-state index in [0.717, 1.165) is 19.0 Å². The zero-order chi connectivity index (χ0) is 15.1. The minimum Gasteiger partial charge on any atom is -0.393 e. The molecule has 2 fully saturated rings. The Balaban J connectivity index is 1.96. The zero-order valence-corrected chi connectivity index (χ0v) is 11.9. The number of hydrogen-bond acceptors (Lipinski definition) is 5. The number of hydrogen-bond donors (Lipinski definition) is 1. The Hall–Kier alpha value is -1.73. The average Bonchev–Trinajstić information content (AvgIpc) is 2.69. The first-order chi connectivity index (χ1) is 9.97. The summed E-state index contributed by atoms with van der Waals surface area (Å²) in [4.78, 5) is 28.5. The van der Waals surface area contributed by atoms with Crippen molar-refractivity contribution in [3.63, 3.8) is 0 Å². The van der Waals surface area contributed by atoms with Gasteiger partial charge in [-0.25, -0.2) is 4.98 Å². The van der Waals surface area contributed by atoms with Gasteiger partial charge in [-0.3, -0.25) is 14.9 Å². The molecule has 2 aliphatic heterocycles. The van der Waals surface area contributed by atoms with Crippen molar-refractivity contribution in [1.29, 1.82) is 0 Å². The van der Waals surface area contributed by atoms with Gasteiger partial charge in [0.05, 0.1) is 11.0 Å². The van der Waals surface area contributed by atoms with E-state index in [0.29, 0.717) is 12.8 Å². The first kappa shape index (κ1) is 14.2. The van der Waals surface area contributed by atoms with Gasteiger partial charge in [0.25, 0.3) is 11.6 Å². The number of nitro groups is 1. The number of aliphatic hydroxyl groups is 1. The van der Waals surface area contributed by atoms with E-state index in [1.54, 1.807) is 4.90 Å². The third kappa shape index (κ3) is 2.47. The summed E-state index contributed by atoms with van der Waals surface area (Å²) in [7, 11) is 0. The topological polar surface area (TPSA) is 96.6 Å². The Morgan fingerprint density at radius 2 is 2.05 bits per heavy atom. The molecule has 0 aliphatic carbocycles. The SMILES string of the molecule is O=C(c1cc(Cl)ncc1[N+](=O)[O-])N1C2CCC1CC(O)C2. The van der Waals surface area contributed by atoms with Gasteiger partial charge >= 0.3 is 0 Å². The molecule has 0 aromatic carbocycles. The van der Waals surface area contributed by atoms with Crippen LogP contribution in [0.2, 0.25) is 5.15 Å². The van der Waals surface area contributed by atoms with E-state index in [1.165, 1.54) is 6.07 Å². The van der Waals surface area contributed by atoms with Crippen LogP contribution in [0.5, 0.6) is 0 Å². The third-order valence-corrected chi connectivity index (χ3v) is 4.43. The predicted molar refractivity (Wildman–Crippen MR) is 74.1 cm³/mol. The van der Waals surface area contributed by atoms with Gasteiger partial charge in [0.2, 0.25) is 0 Å². The number of rotatable bonds is 2. The van der Waals surface area contributed by atoms with Gasteiger partial charge in [-0.1, -0.05) is 11.6 Å². The van der Waals surface area contributed by atoms with E-state index < -0.39 is 16.9 Å². The quantitative estimate of drug-likeness (QED) is 0.510. The fraction of sp³-hybridized carbons (Fsp3) is 0.538. The second-order valence-corrected chi connectivity index (χ2v) is 5.89. The molecule has 2 aliphatic rings. The van der Waals surface area contributed by atoms with Gasteiger partial charge in [-0.2, -0.15) is 0 Å². The van der Waals surface area contributed by atoms with Gasteiger partial charge in [-0.05, 0) is 31.7 Å². The molecule has 1 aromatic heterocycles. The van der Waals surface area contributed by atoms with E-state index in [4.69, 9.17) is 11.6 Å². The first-order valence-electron chi connectivity index (χ1n) is 6.78. The molecule has 1 aromatic rings. The van der Waals surface area contributed by atoms with Crippen molar-refractivity contribution in [3.8, 4) is 0 Å². The highest BCUT2D eigenvalue weighted by Gasteiger charge is 2.44. The molecule has 0 saturated carbocycles. The highest BCUT2D eigenvalue weighted by atomic mass is 35.5. The van der Waals surface area contributed by atoms with Crippen LogP contribution in [0, 0.1) is 10.1 Å². The number of aliphatic hydroxyl groups excluding tert-OH is 1. The molecule has 112 valence electrons. The molecule has 3 rings (SSSR count). The number of piperidine rings is 1. The van der Waals surface area contributed by atoms with Crippen molar-refractivity contribution >= 4 is 23.2 Å². The van der Waals surface area contributed by atoms with E-state index in [2.05, 4.69) is 4.98 Å². The Kier molecular flexibility index (Phi) is 3.54. The third-order valence-electron chi connectivity index (χ3n) is 4.22. The summed E-state index contributed by atoms with van der Waals surface area (Å²) in [5.41, 5.74) is -0.372. The number of pyridine rings is 1. The lowest BCUT2D eigenvalue weighted by Gasteiger charge is -2.37. The smallest absolute Gasteiger partial charge is 0.300 e. The average molecular weight is 312 g/mol. The summed E-state index contributed by atoms with van der Waals surface area (Å²) < 4.78 is 0. The molecule has 2 saturated heterocycles. The normalized spacial score (nSPS) is 27.7. The van der Waals surface area contributed by atoms with Crippen molar-refractivity contribution in [3.05, 3.63) is 33.1 Å². The summed E-state index contributed by atoms with van der Waals surface area (Å²) >= 11 is 5.77. The number of nitrogens with zero attached hydrogens (tertiary/aromatic N) is 3. The van der Waals surface area contributed by atoms with Crippen LogP contribution < -0.4 is 0 Å². The standard InChI is InChI=1S/C13H14ClN3O4/c14-12-5-10(11(6-15-12)17(20)21)13(19)16-7-1-2-8(16)4-9(18)3-7/h5-9,18H,1-4H2. The van der Waals surface area contributed by atoms with Gasteiger partial charge in [0, 0.05) is 12.1 Å². The van der Waals surface area contributed by atoms with Crippen LogP contribution >= 0.6 is 11.6 Å². The second kappa shape index (κ2) is 5.23. The molecule has 3 heterocycles. The van der Waals surface area contributed by atoms with E-state index in [9.17, 15) is 20.0 Å². The number of carbonyl (C=O) groups is 1. The summed E-state index contributed by atoms with van der Waals surface area (Å²) in [5, 5.41) is 20.9. The lowest BCUT2D eigenvalue weighted by atomic mass is 9.98. The molecule has 0 radical (unpaired) electrons. The van der Waals surface area contributed by atoms with Crippen LogP contribution in [0.3, 0.4) is 0 Å². The van der Waals surface area contributed by atoms with Crippen molar-refractivity contribution in [2.24, 2.45) is 0 Å². The molecule has 21 heavy (non-hydrogen) atoms. The summed E-state index contributed by atoms with van der Waals surface area (Å²) in [6.45, 7) is 0. The highest BCUT2D eigenvalue weighted by molar-refractivity contribution is 6.29. The number of fused-ring (bicyclic) bond motifs is 2. The van der Waals surface area contributed by atoms with Crippen LogP contribution in [0.4, 0.5) is 5.69 Å². The van der Waals surface area contributed by atoms with Crippen LogP contribution in [-0.2, 0) is 0 Å². The zero-order valence-electron chi connectivity index (χ0n) is 11.1. The number of carbonyl (C=O) groups excluding carboxylic acids is 1. The van der Waals surface area contributed by atoms with E-state index >= 15 is 0 Å². The molecule has 1 amide bonds. The lowest BCUT2D eigenvalue weighted by molar-refractivity contribution is -0.385. The monoisotopic (exact) mass is 311 g/mol. The fourth-order valence-electron chi connectivity index (χ4n) is 3.36. The molecule has 2 bridgehead atoms. The highest BCUT2D eigenvalue weighted by Crippen LogP contribution is 2.37. The first-order valence-corrected chi connectivity index (χ1v) is 7.16. The molecule has 2 atom stereocenters. The summed E-state index contributed by atoms with van der Waals surface area (Å²) in [5.74, 6) is -0.398. The predicted octanol–water partition coefficient (Wildman–Crippen LogP) is 1.77. The van der Waals surface area contributed by atoms with Crippen molar-refractivity contribution in [2.75, 3.05) is 0 Å². The van der Waals surface area contributed by atoms with Crippen molar-refractivity contribution in [1.82, 2.24) is 9.88 Å². The van der Waals surface area contributed by atoms with Gasteiger partial charge in [0.15, 0.2) is 0 Å². The van der Waals surface area contributed by atoms with Crippen molar-refractivity contribution in [2.45, 2.75) is 43.9 Å². The molecule has 1 N–H and O–H groups in total. The largest absolute Gasteiger partial charge is 0.393 e. The molecule has 8 heteroatoms. The maximum absolute atomic E-state index is 12.7. The Labute approximate surface area is 125 Å². The summed E-state index contributed by atoms with van der Waals surface area (Å²) in [6, 6.07) is 1.13. The molecular formula is C13H14ClN3O4. The van der Waals surface area contributed by atoms with Gasteiger partial charge < -0.3 is 10.0 Å². The Bertz CT molecular complexity index is 595. The van der Waals surface area contributed by atoms with Gasteiger partial charge in [0.1, 0.15) is 16.9 Å². The van der Waals surface area contributed by atoms with Crippen LogP contribution in [0.1, 0.15) is 36.0 Å². The Morgan fingerprint density at radius 3 is 2.62 bits per heavy atom. The van der Waals surface area contributed by atoms with Crippen LogP contribution in [0.15, 0.2) is 12.3 Å². The maximum Gasteiger partial charge on any atom is 0.300 e. The molecule has 2 unspecified atom stereocenters.